The van der Waals surface area contributed by atoms with Crippen molar-refractivity contribution in [2.24, 2.45) is 4.99 Å². The van der Waals surface area contributed by atoms with Gasteiger partial charge in [0.05, 0.1) is 24.5 Å². The molecule has 0 unspecified atom stereocenters. The van der Waals surface area contributed by atoms with E-state index in [0.717, 1.165) is 34.7 Å². The number of rotatable bonds is 8. The molecule has 8 heteroatoms. The Balaban J connectivity index is 1.19. The fourth-order valence-electron chi connectivity index (χ4n) is 3.71. The molecule has 3 aromatic carbocycles. The standard InChI is InChI=1S/C28H22ClN3O3S/c29-21-9-13-23(14-10-21)35-16-4-15-34-22-11-7-19(8-12-22)17-24-26(30)32-25(20-5-2-1-3-6-20)18-36-28(32)31-27(24)33/h1-3,5-14,17-18,30H,4,15-16H2/b24-17+,30-26?. The number of halogens is 1. The third-order valence-corrected chi connectivity index (χ3v) is 6.59. The summed E-state index contributed by atoms with van der Waals surface area (Å²) in [6.45, 7) is 1.04. The molecule has 1 N–H and O–H groups in total. The molecule has 0 aromatic heterocycles. The smallest absolute Gasteiger partial charge is 0.283 e. The molecule has 0 aliphatic carbocycles. The van der Waals surface area contributed by atoms with Crippen LogP contribution in [0.25, 0.3) is 11.8 Å². The first-order valence-electron chi connectivity index (χ1n) is 11.4. The van der Waals surface area contributed by atoms with Crippen molar-refractivity contribution in [1.82, 2.24) is 4.90 Å². The highest BCUT2D eigenvalue weighted by Crippen LogP contribution is 2.37. The number of aliphatic imine (C=N–C) groups is 1. The topological polar surface area (TPSA) is 75.0 Å². The van der Waals surface area contributed by atoms with E-state index < -0.39 is 5.91 Å². The van der Waals surface area contributed by atoms with Crippen molar-refractivity contribution in [3.63, 3.8) is 0 Å². The first-order chi connectivity index (χ1) is 17.6. The lowest BCUT2D eigenvalue weighted by Crippen LogP contribution is -2.38. The summed E-state index contributed by atoms with van der Waals surface area (Å²) in [6, 6.07) is 24.5. The van der Waals surface area contributed by atoms with Gasteiger partial charge in [-0.2, -0.15) is 4.99 Å². The summed E-state index contributed by atoms with van der Waals surface area (Å²) < 4.78 is 11.5. The van der Waals surface area contributed by atoms with Gasteiger partial charge in [0.2, 0.25) is 0 Å². The molecular formula is C28H22ClN3O3S. The molecule has 0 atom stereocenters. The van der Waals surface area contributed by atoms with Crippen molar-refractivity contribution < 1.29 is 14.3 Å². The van der Waals surface area contributed by atoms with Gasteiger partial charge >= 0.3 is 0 Å². The quantitative estimate of drug-likeness (QED) is 0.274. The van der Waals surface area contributed by atoms with Gasteiger partial charge in [-0.15, -0.1) is 0 Å². The molecule has 6 nitrogen and oxygen atoms in total. The fraction of sp³-hybridized carbons (Fsp3) is 0.107. The van der Waals surface area contributed by atoms with Crippen LogP contribution in [0.3, 0.4) is 0 Å². The number of amidine groups is 2. The Morgan fingerprint density at radius 3 is 2.22 bits per heavy atom. The van der Waals surface area contributed by atoms with E-state index in [-0.39, 0.29) is 11.4 Å². The molecule has 2 aliphatic heterocycles. The number of hydrogen-bond acceptors (Lipinski definition) is 5. The average molecular weight is 516 g/mol. The van der Waals surface area contributed by atoms with Gasteiger partial charge in [0.15, 0.2) is 5.17 Å². The van der Waals surface area contributed by atoms with Crippen molar-refractivity contribution >= 4 is 52.0 Å². The lowest BCUT2D eigenvalue weighted by atomic mass is 10.1. The van der Waals surface area contributed by atoms with Gasteiger partial charge in [-0.05, 0) is 53.6 Å². The number of carbonyl (C=O) groups excluding carboxylic acids is 1. The summed E-state index contributed by atoms with van der Waals surface area (Å²) in [5.41, 5.74) is 2.84. The molecule has 0 saturated carbocycles. The third-order valence-electron chi connectivity index (χ3n) is 5.51. The van der Waals surface area contributed by atoms with Gasteiger partial charge in [-0.25, -0.2) is 0 Å². The average Bonchev–Trinajstić information content (AvgIpc) is 3.33. The third kappa shape index (κ3) is 5.37. The summed E-state index contributed by atoms with van der Waals surface area (Å²) >= 11 is 7.23. The number of hydrogen-bond donors (Lipinski definition) is 1. The number of benzene rings is 3. The molecule has 3 aromatic rings. The van der Waals surface area contributed by atoms with Gasteiger partial charge in [0, 0.05) is 16.9 Å². The number of carbonyl (C=O) groups is 1. The molecule has 0 fully saturated rings. The first-order valence-corrected chi connectivity index (χ1v) is 12.6. The summed E-state index contributed by atoms with van der Waals surface area (Å²) in [7, 11) is 0. The zero-order valence-corrected chi connectivity index (χ0v) is 20.8. The molecule has 2 heterocycles. The van der Waals surface area contributed by atoms with E-state index in [2.05, 4.69) is 4.99 Å². The van der Waals surface area contributed by atoms with Crippen LogP contribution >= 0.6 is 23.4 Å². The maximum absolute atomic E-state index is 12.7. The van der Waals surface area contributed by atoms with E-state index in [1.54, 1.807) is 23.1 Å². The van der Waals surface area contributed by atoms with Gasteiger partial charge in [-0.3, -0.25) is 15.1 Å². The maximum Gasteiger partial charge on any atom is 0.283 e. The Morgan fingerprint density at radius 2 is 1.56 bits per heavy atom. The zero-order chi connectivity index (χ0) is 24.9. The largest absolute Gasteiger partial charge is 0.493 e. The minimum absolute atomic E-state index is 0.117. The molecule has 0 radical (unpaired) electrons. The number of ether oxygens (including phenoxy) is 2. The Bertz CT molecular complexity index is 1370. The van der Waals surface area contributed by atoms with Crippen LogP contribution in [0.1, 0.15) is 17.5 Å². The van der Waals surface area contributed by atoms with E-state index in [0.29, 0.717) is 23.4 Å². The zero-order valence-electron chi connectivity index (χ0n) is 19.2. The molecule has 1 amide bonds. The van der Waals surface area contributed by atoms with E-state index in [1.165, 1.54) is 11.8 Å². The second-order valence-electron chi connectivity index (χ2n) is 8.00. The molecule has 5 rings (SSSR count). The molecule has 180 valence electrons. The van der Waals surface area contributed by atoms with Crippen LogP contribution in [0, 0.1) is 5.41 Å². The van der Waals surface area contributed by atoms with Crippen LogP contribution in [-0.2, 0) is 4.79 Å². The van der Waals surface area contributed by atoms with E-state index in [4.69, 9.17) is 26.5 Å². The number of fused-ring (bicyclic) bond motifs is 1. The lowest BCUT2D eigenvalue weighted by molar-refractivity contribution is -0.114. The first kappa shape index (κ1) is 23.9. The second kappa shape index (κ2) is 10.8. The molecule has 0 spiro atoms. The SMILES string of the molecule is N=C1/C(=C\c2ccc(OCCCOc3ccc(Cl)cc3)cc2)C(=O)N=C2SC=C(c3ccccc3)N12. The Morgan fingerprint density at radius 1 is 0.917 bits per heavy atom. The van der Waals surface area contributed by atoms with E-state index in [1.807, 2.05) is 72.1 Å². The monoisotopic (exact) mass is 515 g/mol. The Hall–Kier alpha value is -3.81. The number of nitrogens with one attached hydrogen (secondary N) is 1. The number of thioether (sulfide) groups is 1. The van der Waals surface area contributed by atoms with Crippen LogP contribution in [0.15, 0.2) is 94.8 Å². The van der Waals surface area contributed by atoms with Gasteiger partial charge in [0.1, 0.15) is 17.3 Å². The molecular weight excluding hydrogens is 494 g/mol. The minimum Gasteiger partial charge on any atom is -0.493 e. The van der Waals surface area contributed by atoms with Gasteiger partial charge < -0.3 is 9.47 Å². The maximum atomic E-state index is 12.7. The fourth-order valence-corrected chi connectivity index (χ4v) is 4.73. The van der Waals surface area contributed by atoms with E-state index in [9.17, 15) is 4.79 Å². The summed E-state index contributed by atoms with van der Waals surface area (Å²) in [5, 5.41) is 11.8. The van der Waals surface area contributed by atoms with Gasteiger partial charge in [-0.1, -0.05) is 65.8 Å². The van der Waals surface area contributed by atoms with Crippen LogP contribution in [0.5, 0.6) is 11.5 Å². The van der Waals surface area contributed by atoms with Crippen LogP contribution in [0.4, 0.5) is 0 Å². The molecule has 0 saturated heterocycles. The highest BCUT2D eigenvalue weighted by Gasteiger charge is 2.36. The van der Waals surface area contributed by atoms with Crippen molar-refractivity contribution in [3.05, 3.63) is 106 Å². The minimum atomic E-state index is -0.414. The van der Waals surface area contributed by atoms with Crippen LogP contribution in [0.2, 0.25) is 5.02 Å². The van der Waals surface area contributed by atoms with Gasteiger partial charge in [0.25, 0.3) is 5.91 Å². The highest BCUT2D eigenvalue weighted by molar-refractivity contribution is 8.17. The van der Waals surface area contributed by atoms with Crippen molar-refractivity contribution in [2.75, 3.05) is 13.2 Å². The van der Waals surface area contributed by atoms with Crippen molar-refractivity contribution in [3.8, 4) is 11.5 Å². The normalized spacial score (nSPS) is 16.0. The Kier molecular flexibility index (Phi) is 7.21. The summed E-state index contributed by atoms with van der Waals surface area (Å²) in [5.74, 6) is 1.20. The van der Waals surface area contributed by atoms with E-state index >= 15 is 0 Å². The number of amides is 1. The number of nitrogens with zero attached hydrogens (tertiary/aromatic N) is 2. The Labute approximate surface area is 218 Å². The predicted molar refractivity (Wildman–Crippen MR) is 145 cm³/mol. The predicted octanol–water partition coefficient (Wildman–Crippen LogP) is 6.49. The van der Waals surface area contributed by atoms with Crippen LogP contribution < -0.4 is 9.47 Å². The summed E-state index contributed by atoms with van der Waals surface area (Å²) in [4.78, 5) is 18.6. The van der Waals surface area contributed by atoms with Crippen LogP contribution in [-0.4, -0.2) is 35.0 Å². The molecule has 36 heavy (non-hydrogen) atoms. The van der Waals surface area contributed by atoms with Crippen molar-refractivity contribution in [1.29, 1.82) is 5.41 Å². The molecule has 0 bridgehead atoms. The summed E-state index contributed by atoms with van der Waals surface area (Å²) in [6.07, 6.45) is 2.42. The van der Waals surface area contributed by atoms with Crippen molar-refractivity contribution in [2.45, 2.75) is 6.42 Å². The highest BCUT2D eigenvalue weighted by atomic mass is 35.5. The second-order valence-corrected chi connectivity index (χ2v) is 9.27. The molecule has 2 aliphatic rings. The lowest BCUT2D eigenvalue weighted by Gasteiger charge is -2.26.